The first-order valence-electron chi connectivity index (χ1n) is 8.10. The fourth-order valence-electron chi connectivity index (χ4n) is 2.40. The highest BCUT2D eigenvalue weighted by Gasteiger charge is 2.17. The summed E-state index contributed by atoms with van der Waals surface area (Å²) >= 11 is 13.7. The summed E-state index contributed by atoms with van der Waals surface area (Å²) in [5, 5.41) is 13.6. The molecule has 0 aliphatic rings. The number of carboxylic acids is 1. The van der Waals surface area contributed by atoms with Crippen LogP contribution in [0.5, 0.6) is 5.75 Å². The van der Waals surface area contributed by atoms with E-state index in [2.05, 4.69) is 5.32 Å². The number of halogens is 2. The van der Waals surface area contributed by atoms with Crippen molar-refractivity contribution < 1.29 is 14.6 Å². The zero-order valence-corrected chi connectivity index (χ0v) is 16.7. The van der Waals surface area contributed by atoms with Gasteiger partial charge in [-0.25, -0.2) is 0 Å². The van der Waals surface area contributed by atoms with Gasteiger partial charge in [0, 0.05) is 22.2 Å². The molecule has 0 aliphatic carbocycles. The van der Waals surface area contributed by atoms with Gasteiger partial charge in [-0.3, -0.25) is 4.79 Å². The number of aliphatic carboxylic acids is 1. The summed E-state index contributed by atoms with van der Waals surface area (Å²) in [4.78, 5) is 11.4. The van der Waals surface area contributed by atoms with Crippen LogP contribution in [-0.2, 0) is 17.9 Å². The Morgan fingerprint density at radius 2 is 2.00 bits per heavy atom. The second-order valence-corrected chi connectivity index (χ2v) is 7.58. The number of hydrogen-bond donors (Lipinski definition) is 2. The monoisotopic (exact) mass is 413 g/mol. The molecule has 7 heteroatoms. The van der Waals surface area contributed by atoms with Crippen molar-refractivity contribution in [2.45, 2.75) is 25.6 Å². The highest BCUT2D eigenvalue weighted by Crippen LogP contribution is 2.24. The largest absolute Gasteiger partial charge is 0.489 e. The van der Waals surface area contributed by atoms with Crippen molar-refractivity contribution in [1.82, 2.24) is 5.32 Å². The summed E-state index contributed by atoms with van der Waals surface area (Å²) in [6.45, 7) is 0.723. The fourth-order valence-corrected chi connectivity index (χ4v) is 3.28. The maximum atomic E-state index is 11.4. The SMILES string of the molecule is CSCCC(NCc1cc(Cl)ccc1OCc1cccc(Cl)c1)C(=O)O. The van der Waals surface area contributed by atoms with Gasteiger partial charge in [-0.15, -0.1) is 0 Å². The van der Waals surface area contributed by atoms with Crippen LogP contribution < -0.4 is 10.1 Å². The molecular weight excluding hydrogens is 393 g/mol. The van der Waals surface area contributed by atoms with Crippen molar-refractivity contribution in [3.8, 4) is 5.75 Å². The molecular formula is C19H21Cl2NO3S. The third-order valence-electron chi connectivity index (χ3n) is 3.75. The Morgan fingerprint density at radius 1 is 1.23 bits per heavy atom. The minimum atomic E-state index is -0.859. The summed E-state index contributed by atoms with van der Waals surface area (Å²) in [5.41, 5.74) is 1.77. The molecule has 0 spiro atoms. The zero-order chi connectivity index (χ0) is 18.9. The molecule has 0 radical (unpaired) electrons. The number of carboxylic acid groups (broad SMARTS) is 1. The van der Waals surface area contributed by atoms with E-state index in [1.165, 1.54) is 0 Å². The van der Waals surface area contributed by atoms with Gasteiger partial charge >= 0.3 is 5.97 Å². The van der Waals surface area contributed by atoms with Crippen LogP contribution in [0, 0.1) is 0 Å². The molecule has 2 N–H and O–H groups in total. The first kappa shape index (κ1) is 20.9. The van der Waals surface area contributed by atoms with Crippen LogP contribution in [0.4, 0.5) is 0 Å². The maximum absolute atomic E-state index is 11.4. The van der Waals surface area contributed by atoms with Crippen molar-refractivity contribution in [3.05, 3.63) is 63.6 Å². The molecule has 4 nitrogen and oxygen atoms in total. The smallest absolute Gasteiger partial charge is 0.320 e. The zero-order valence-electron chi connectivity index (χ0n) is 14.4. The quantitative estimate of drug-likeness (QED) is 0.581. The van der Waals surface area contributed by atoms with Crippen LogP contribution in [0.3, 0.4) is 0 Å². The molecule has 2 aromatic carbocycles. The molecule has 2 rings (SSSR count). The molecule has 0 amide bonds. The highest BCUT2D eigenvalue weighted by atomic mass is 35.5. The van der Waals surface area contributed by atoms with E-state index in [4.69, 9.17) is 27.9 Å². The van der Waals surface area contributed by atoms with E-state index in [0.29, 0.717) is 35.4 Å². The van der Waals surface area contributed by atoms with Gasteiger partial charge in [0.1, 0.15) is 18.4 Å². The van der Waals surface area contributed by atoms with Gasteiger partial charge in [0.15, 0.2) is 0 Å². The summed E-state index contributed by atoms with van der Waals surface area (Å²) in [5.74, 6) is 0.579. The Labute approximate surface area is 167 Å². The van der Waals surface area contributed by atoms with Crippen molar-refractivity contribution in [1.29, 1.82) is 0 Å². The molecule has 0 aliphatic heterocycles. The van der Waals surface area contributed by atoms with E-state index in [9.17, 15) is 9.90 Å². The standard InChI is InChI=1S/C19H21Cl2NO3S/c1-26-8-7-17(19(23)24)22-11-14-10-16(21)5-6-18(14)25-12-13-3-2-4-15(20)9-13/h2-6,9-10,17,22H,7-8,11-12H2,1H3,(H,23,24). The molecule has 1 unspecified atom stereocenters. The minimum Gasteiger partial charge on any atom is -0.489 e. The summed E-state index contributed by atoms with van der Waals surface area (Å²) < 4.78 is 5.90. The molecule has 26 heavy (non-hydrogen) atoms. The van der Waals surface area contributed by atoms with E-state index < -0.39 is 12.0 Å². The topological polar surface area (TPSA) is 58.6 Å². The van der Waals surface area contributed by atoms with Crippen LogP contribution in [0.25, 0.3) is 0 Å². The lowest BCUT2D eigenvalue weighted by atomic mass is 10.1. The van der Waals surface area contributed by atoms with E-state index in [1.807, 2.05) is 30.5 Å². The molecule has 1 atom stereocenters. The van der Waals surface area contributed by atoms with Gasteiger partial charge in [-0.2, -0.15) is 11.8 Å². The minimum absolute atomic E-state index is 0.358. The van der Waals surface area contributed by atoms with E-state index in [0.717, 1.165) is 16.9 Å². The average molecular weight is 414 g/mol. The second kappa shape index (κ2) is 10.7. The number of ether oxygens (including phenoxy) is 1. The lowest BCUT2D eigenvalue weighted by Gasteiger charge is -2.17. The number of carbonyl (C=O) groups is 1. The Morgan fingerprint density at radius 3 is 2.69 bits per heavy atom. The summed E-state index contributed by atoms with van der Waals surface area (Å²) in [6.07, 6.45) is 2.51. The van der Waals surface area contributed by atoms with Crippen molar-refractivity contribution in [3.63, 3.8) is 0 Å². The molecule has 0 fully saturated rings. The highest BCUT2D eigenvalue weighted by molar-refractivity contribution is 7.98. The molecule has 0 saturated heterocycles. The van der Waals surface area contributed by atoms with Gasteiger partial charge in [0.25, 0.3) is 0 Å². The predicted molar refractivity (Wildman–Crippen MR) is 108 cm³/mol. The average Bonchev–Trinajstić information content (AvgIpc) is 2.60. The predicted octanol–water partition coefficient (Wildman–Crippen LogP) is 4.87. The first-order valence-corrected chi connectivity index (χ1v) is 10.3. The van der Waals surface area contributed by atoms with E-state index in [-0.39, 0.29) is 0 Å². The maximum Gasteiger partial charge on any atom is 0.320 e. The molecule has 2 aromatic rings. The van der Waals surface area contributed by atoms with Gasteiger partial charge < -0.3 is 15.2 Å². The van der Waals surface area contributed by atoms with E-state index >= 15 is 0 Å². The number of rotatable bonds is 10. The van der Waals surface area contributed by atoms with Crippen molar-refractivity contribution in [2.24, 2.45) is 0 Å². The molecule has 0 aromatic heterocycles. The third-order valence-corrected chi connectivity index (χ3v) is 4.87. The lowest BCUT2D eigenvalue weighted by molar-refractivity contribution is -0.139. The Hall–Kier alpha value is -1.40. The van der Waals surface area contributed by atoms with Crippen molar-refractivity contribution in [2.75, 3.05) is 12.0 Å². The number of thioether (sulfide) groups is 1. The molecule has 0 heterocycles. The van der Waals surface area contributed by atoms with Crippen LogP contribution in [-0.4, -0.2) is 29.1 Å². The van der Waals surface area contributed by atoms with Gasteiger partial charge in [0.2, 0.25) is 0 Å². The number of benzene rings is 2. The molecule has 0 bridgehead atoms. The van der Waals surface area contributed by atoms with Gasteiger partial charge in [-0.1, -0.05) is 35.3 Å². The van der Waals surface area contributed by atoms with Crippen LogP contribution in [0.2, 0.25) is 10.0 Å². The van der Waals surface area contributed by atoms with Crippen LogP contribution in [0.15, 0.2) is 42.5 Å². The van der Waals surface area contributed by atoms with E-state index in [1.54, 1.807) is 30.0 Å². The Kier molecular flexibility index (Phi) is 8.59. The number of nitrogens with one attached hydrogen (secondary N) is 1. The fraction of sp³-hybridized carbons (Fsp3) is 0.316. The first-order chi connectivity index (χ1) is 12.5. The Bertz CT molecular complexity index is 742. The third kappa shape index (κ3) is 6.72. The summed E-state index contributed by atoms with van der Waals surface area (Å²) in [6, 6.07) is 12.2. The summed E-state index contributed by atoms with van der Waals surface area (Å²) in [7, 11) is 0. The van der Waals surface area contributed by atoms with Gasteiger partial charge in [0.05, 0.1) is 0 Å². The molecule has 0 saturated carbocycles. The normalized spacial score (nSPS) is 12.0. The molecule has 140 valence electrons. The van der Waals surface area contributed by atoms with Crippen LogP contribution in [0.1, 0.15) is 17.5 Å². The van der Waals surface area contributed by atoms with Gasteiger partial charge in [-0.05, 0) is 54.3 Å². The Balaban J connectivity index is 2.05. The van der Waals surface area contributed by atoms with Crippen LogP contribution >= 0.6 is 35.0 Å². The lowest BCUT2D eigenvalue weighted by Crippen LogP contribution is -2.36. The second-order valence-electron chi connectivity index (χ2n) is 5.72. The number of hydrogen-bond acceptors (Lipinski definition) is 4. The van der Waals surface area contributed by atoms with Crippen molar-refractivity contribution >= 4 is 40.9 Å².